The summed E-state index contributed by atoms with van der Waals surface area (Å²) in [6.07, 6.45) is 1.54. The number of aliphatic carboxylic acids is 1. The molecule has 19 heavy (non-hydrogen) atoms. The molecule has 0 bridgehead atoms. The van der Waals surface area contributed by atoms with E-state index in [4.69, 9.17) is 9.84 Å². The Morgan fingerprint density at radius 2 is 2.00 bits per heavy atom. The van der Waals surface area contributed by atoms with Crippen molar-refractivity contribution in [1.82, 2.24) is 0 Å². The molecule has 0 fully saturated rings. The van der Waals surface area contributed by atoms with E-state index < -0.39 is 5.97 Å². The number of carbonyl (C=O) groups is 2. The number of carbonyl (C=O) groups excluding carboxylic acids is 1. The predicted octanol–water partition coefficient (Wildman–Crippen LogP) is 2.42. The zero-order valence-corrected chi connectivity index (χ0v) is 11.0. The first-order valence-electron chi connectivity index (χ1n) is 6.21. The van der Waals surface area contributed by atoms with Gasteiger partial charge in [-0.25, -0.2) is 0 Å². The molecule has 0 aliphatic carbocycles. The predicted molar refractivity (Wildman–Crippen MR) is 71.9 cm³/mol. The lowest BCUT2D eigenvalue weighted by Crippen LogP contribution is -2.11. The van der Waals surface area contributed by atoms with E-state index in [-0.39, 0.29) is 12.3 Å². The smallest absolute Gasteiger partial charge is 0.303 e. The summed E-state index contributed by atoms with van der Waals surface area (Å²) in [6, 6.07) is 7.45. The van der Waals surface area contributed by atoms with E-state index in [0.29, 0.717) is 25.9 Å². The van der Waals surface area contributed by atoms with Gasteiger partial charge < -0.3 is 15.2 Å². The zero-order valence-electron chi connectivity index (χ0n) is 11.0. The summed E-state index contributed by atoms with van der Waals surface area (Å²) in [7, 11) is 1.62. The minimum Gasteiger partial charge on any atom is -0.481 e. The maximum atomic E-state index is 11.6. The van der Waals surface area contributed by atoms with Crippen molar-refractivity contribution in [2.24, 2.45) is 0 Å². The first kappa shape index (κ1) is 15.2. The average Bonchev–Trinajstić information content (AvgIpc) is 2.35. The first-order chi connectivity index (χ1) is 9.11. The summed E-state index contributed by atoms with van der Waals surface area (Å²) in [4.78, 5) is 22.0. The SMILES string of the molecule is COCc1cccc(NC(=O)CCCCC(=O)O)c1. The van der Waals surface area contributed by atoms with Gasteiger partial charge in [0.15, 0.2) is 0 Å². The molecule has 0 aliphatic heterocycles. The number of nitrogens with one attached hydrogen (secondary N) is 1. The van der Waals surface area contributed by atoms with Crippen LogP contribution in [0.4, 0.5) is 5.69 Å². The van der Waals surface area contributed by atoms with Crippen molar-refractivity contribution in [1.29, 1.82) is 0 Å². The van der Waals surface area contributed by atoms with Crippen molar-refractivity contribution in [3.05, 3.63) is 29.8 Å². The molecule has 0 unspecified atom stereocenters. The molecular formula is C14H19NO4. The zero-order chi connectivity index (χ0) is 14.1. The molecule has 0 spiro atoms. The Balaban J connectivity index is 2.35. The molecule has 0 aromatic heterocycles. The molecule has 2 N–H and O–H groups in total. The van der Waals surface area contributed by atoms with Crippen molar-refractivity contribution < 1.29 is 19.4 Å². The van der Waals surface area contributed by atoms with Crippen LogP contribution in [0.3, 0.4) is 0 Å². The summed E-state index contributed by atoms with van der Waals surface area (Å²) < 4.78 is 5.02. The van der Waals surface area contributed by atoms with E-state index in [0.717, 1.165) is 11.3 Å². The lowest BCUT2D eigenvalue weighted by atomic mass is 10.1. The number of benzene rings is 1. The fourth-order valence-corrected chi connectivity index (χ4v) is 1.69. The van der Waals surface area contributed by atoms with Crippen molar-refractivity contribution >= 4 is 17.6 Å². The van der Waals surface area contributed by atoms with Crippen LogP contribution < -0.4 is 5.32 Å². The van der Waals surface area contributed by atoms with E-state index in [9.17, 15) is 9.59 Å². The van der Waals surface area contributed by atoms with E-state index in [1.165, 1.54) is 0 Å². The van der Waals surface area contributed by atoms with E-state index in [1.807, 2.05) is 24.3 Å². The number of amides is 1. The van der Waals surface area contributed by atoms with Gasteiger partial charge in [0.05, 0.1) is 6.61 Å². The van der Waals surface area contributed by atoms with Gasteiger partial charge in [-0.15, -0.1) is 0 Å². The topological polar surface area (TPSA) is 75.6 Å². The van der Waals surface area contributed by atoms with Crippen LogP contribution in [0.2, 0.25) is 0 Å². The lowest BCUT2D eigenvalue weighted by molar-refractivity contribution is -0.137. The molecular weight excluding hydrogens is 246 g/mol. The maximum absolute atomic E-state index is 11.6. The highest BCUT2D eigenvalue weighted by molar-refractivity contribution is 5.90. The number of anilines is 1. The van der Waals surface area contributed by atoms with Gasteiger partial charge in [-0.05, 0) is 30.5 Å². The quantitative estimate of drug-likeness (QED) is 0.708. The molecule has 0 saturated heterocycles. The van der Waals surface area contributed by atoms with Gasteiger partial charge in [-0.1, -0.05) is 12.1 Å². The van der Waals surface area contributed by atoms with E-state index >= 15 is 0 Å². The van der Waals surface area contributed by atoms with Crippen LogP contribution in [0.5, 0.6) is 0 Å². The van der Waals surface area contributed by atoms with Crippen molar-refractivity contribution in [3.63, 3.8) is 0 Å². The molecule has 5 heteroatoms. The summed E-state index contributed by atoms with van der Waals surface area (Å²) >= 11 is 0. The fraction of sp³-hybridized carbons (Fsp3) is 0.429. The number of methoxy groups -OCH3 is 1. The van der Waals surface area contributed by atoms with Gasteiger partial charge in [0.2, 0.25) is 5.91 Å². The van der Waals surface area contributed by atoms with Crippen molar-refractivity contribution in [2.75, 3.05) is 12.4 Å². The number of hydrogen-bond donors (Lipinski definition) is 2. The van der Waals surface area contributed by atoms with Crippen LogP contribution in [0.15, 0.2) is 24.3 Å². The highest BCUT2D eigenvalue weighted by Gasteiger charge is 2.04. The van der Waals surface area contributed by atoms with E-state index in [2.05, 4.69) is 5.32 Å². The Kier molecular flexibility index (Phi) is 6.60. The van der Waals surface area contributed by atoms with Crippen LogP contribution in [0, 0.1) is 0 Å². The molecule has 0 atom stereocenters. The third-order valence-electron chi connectivity index (χ3n) is 2.57. The molecule has 0 aliphatic rings. The third kappa shape index (κ3) is 6.57. The normalized spacial score (nSPS) is 10.2. The molecule has 0 saturated carbocycles. The van der Waals surface area contributed by atoms with Crippen LogP contribution in [-0.2, 0) is 20.9 Å². The van der Waals surface area contributed by atoms with Gasteiger partial charge in [-0.3, -0.25) is 9.59 Å². The second-order valence-corrected chi connectivity index (χ2v) is 4.28. The van der Waals surface area contributed by atoms with Crippen LogP contribution in [0.1, 0.15) is 31.2 Å². The van der Waals surface area contributed by atoms with Gasteiger partial charge in [0.25, 0.3) is 0 Å². The number of ether oxygens (including phenoxy) is 1. The van der Waals surface area contributed by atoms with Crippen LogP contribution in [-0.4, -0.2) is 24.1 Å². The summed E-state index contributed by atoms with van der Waals surface area (Å²) in [5, 5.41) is 11.3. The third-order valence-corrected chi connectivity index (χ3v) is 2.57. The van der Waals surface area contributed by atoms with Gasteiger partial charge >= 0.3 is 5.97 Å². The van der Waals surface area contributed by atoms with Gasteiger partial charge in [0.1, 0.15) is 0 Å². The minimum atomic E-state index is -0.826. The molecule has 1 rings (SSSR count). The molecule has 5 nitrogen and oxygen atoms in total. The summed E-state index contributed by atoms with van der Waals surface area (Å²) in [5.74, 6) is -0.923. The molecule has 0 radical (unpaired) electrons. The lowest BCUT2D eigenvalue weighted by Gasteiger charge is -2.07. The van der Waals surface area contributed by atoms with Gasteiger partial charge in [-0.2, -0.15) is 0 Å². The number of carboxylic acids is 1. The number of rotatable bonds is 8. The van der Waals surface area contributed by atoms with Crippen molar-refractivity contribution in [2.45, 2.75) is 32.3 Å². The van der Waals surface area contributed by atoms with E-state index in [1.54, 1.807) is 7.11 Å². The number of carboxylic acid groups (broad SMARTS) is 1. The Morgan fingerprint density at radius 3 is 2.68 bits per heavy atom. The standard InChI is InChI=1S/C14H19NO4/c1-19-10-11-5-4-6-12(9-11)15-13(16)7-2-3-8-14(17)18/h4-6,9H,2-3,7-8,10H2,1H3,(H,15,16)(H,17,18). The molecule has 104 valence electrons. The Morgan fingerprint density at radius 1 is 1.26 bits per heavy atom. The fourth-order valence-electron chi connectivity index (χ4n) is 1.69. The monoisotopic (exact) mass is 265 g/mol. The summed E-state index contributed by atoms with van der Waals surface area (Å²) in [5.41, 5.74) is 1.73. The van der Waals surface area contributed by atoms with Crippen molar-refractivity contribution in [3.8, 4) is 0 Å². The Bertz CT molecular complexity index is 431. The van der Waals surface area contributed by atoms with Crippen LogP contribution in [0.25, 0.3) is 0 Å². The molecule has 0 heterocycles. The molecule has 1 amide bonds. The summed E-state index contributed by atoms with van der Waals surface area (Å²) in [6.45, 7) is 0.502. The highest BCUT2D eigenvalue weighted by Crippen LogP contribution is 2.12. The average molecular weight is 265 g/mol. The molecule has 1 aromatic carbocycles. The van der Waals surface area contributed by atoms with Crippen LogP contribution >= 0.6 is 0 Å². The highest BCUT2D eigenvalue weighted by atomic mass is 16.5. The Labute approximate surface area is 112 Å². The van der Waals surface area contributed by atoms with Gasteiger partial charge in [0, 0.05) is 25.6 Å². The number of hydrogen-bond acceptors (Lipinski definition) is 3. The largest absolute Gasteiger partial charge is 0.481 e. The second-order valence-electron chi connectivity index (χ2n) is 4.28. The Hall–Kier alpha value is -1.88. The molecule has 1 aromatic rings. The second kappa shape index (κ2) is 8.26. The maximum Gasteiger partial charge on any atom is 0.303 e. The number of unbranched alkanes of at least 4 members (excludes halogenated alkanes) is 1. The first-order valence-corrected chi connectivity index (χ1v) is 6.21. The minimum absolute atomic E-state index is 0.0973.